The lowest BCUT2D eigenvalue weighted by Crippen LogP contribution is -2.28. The SMILES string of the molecule is CN(Cc1cccc(Cl)c1)C(CC(=N)N)c1ccccc1. The van der Waals surface area contributed by atoms with Crippen LogP contribution in [0.2, 0.25) is 5.02 Å². The van der Waals surface area contributed by atoms with Gasteiger partial charge >= 0.3 is 0 Å². The Morgan fingerprint density at radius 3 is 2.52 bits per heavy atom. The minimum Gasteiger partial charge on any atom is -0.388 e. The van der Waals surface area contributed by atoms with Gasteiger partial charge in [0, 0.05) is 24.0 Å². The minimum atomic E-state index is 0.0858. The maximum absolute atomic E-state index is 7.61. The Morgan fingerprint density at radius 1 is 1.19 bits per heavy atom. The molecule has 0 aromatic heterocycles. The van der Waals surface area contributed by atoms with Crippen molar-refractivity contribution in [1.29, 1.82) is 5.41 Å². The van der Waals surface area contributed by atoms with Crippen molar-refractivity contribution in [2.24, 2.45) is 5.73 Å². The van der Waals surface area contributed by atoms with Crippen LogP contribution in [-0.2, 0) is 6.54 Å². The van der Waals surface area contributed by atoms with Crippen LogP contribution in [0.1, 0.15) is 23.6 Å². The Hall–Kier alpha value is -1.84. The van der Waals surface area contributed by atoms with Crippen LogP contribution in [-0.4, -0.2) is 17.8 Å². The number of amidine groups is 1. The fraction of sp³-hybridized carbons (Fsp3) is 0.235. The zero-order chi connectivity index (χ0) is 15.2. The summed E-state index contributed by atoms with van der Waals surface area (Å²) in [6, 6.07) is 18.1. The number of rotatable bonds is 6. The molecule has 0 heterocycles. The van der Waals surface area contributed by atoms with Crippen molar-refractivity contribution in [3.8, 4) is 0 Å². The first-order chi connectivity index (χ1) is 10.1. The zero-order valence-electron chi connectivity index (χ0n) is 12.1. The molecule has 4 heteroatoms. The van der Waals surface area contributed by atoms with Crippen molar-refractivity contribution in [2.45, 2.75) is 19.0 Å². The summed E-state index contributed by atoms with van der Waals surface area (Å²) in [5.74, 6) is 0.196. The van der Waals surface area contributed by atoms with Gasteiger partial charge in [0.05, 0.1) is 5.84 Å². The number of nitrogens with zero attached hydrogens (tertiary/aromatic N) is 1. The summed E-state index contributed by atoms with van der Waals surface area (Å²) in [7, 11) is 2.04. The standard InChI is InChI=1S/C17H20ClN3/c1-21(12-13-6-5-9-15(18)10-13)16(11-17(19)20)14-7-3-2-4-8-14/h2-10,16H,11-12H2,1H3,(H3,19,20). The molecule has 110 valence electrons. The van der Waals surface area contributed by atoms with Gasteiger partial charge < -0.3 is 5.73 Å². The Morgan fingerprint density at radius 2 is 1.90 bits per heavy atom. The zero-order valence-corrected chi connectivity index (χ0v) is 12.8. The molecule has 0 fully saturated rings. The Labute approximate surface area is 130 Å². The number of nitrogens with one attached hydrogen (secondary N) is 1. The van der Waals surface area contributed by atoms with Gasteiger partial charge in [-0.05, 0) is 30.3 Å². The maximum Gasteiger partial charge on any atom is 0.0924 e. The van der Waals surface area contributed by atoms with E-state index in [0.29, 0.717) is 6.42 Å². The lowest BCUT2D eigenvalue weighted by molar-refractivity contribution is 0.241. The third-order valence-electron chi connectivity index (χ3n) is 3.45. The van der Waals surface area contributed by atoms with Crippen molar-refractivity contribution in [3.63, 3.8) is 0 Å². The van der Waals surface area contributed by atoms with Gasteiger partial charge in [-0.1, -0.05) is 54.1 Å². The monoisotopic (exact) mass is 301 g/mol. The molecule has 0 radical (unpaired) electrons. The molecule has 2 aromatic rings. The number of hydrogen-bond donors (Lipinski definition) is 2. The molecule has 2 rings (SSSR count). The largest absolute Gasteiger partial charge is 0.388 e. The van der Waals surface area contributed by atoms with E-state index in [1.807, 2.05) is 43.4 Å². The quantitative estimate of drug-likeness (QED) is 0.629. The van der Waals surface area contributed by atoms with Gasteiger partial charge in [0.2, 0.25) is 0 Å². The highest BCUT2D eigenvalue weighted by molar-refractivity contribution is 6.30. The molecule has 0 aliphatic carbocycles. The van der Waals surface area contributed by atoms with Crippen LogP contribution in [0.15, 0.2) is 54.6 Å². The highest BCUT2D eigenvalue weighted by atomic mass is 35.5. The van der Waals surface area contributed by atoms with Gasteiger partial charge in [0.1, 0.15) is 0 Å². The van der Waals surface area contributed by atoms with Crippen LogP contribution in [0.25, 0.3) is 0 Å². The summed E-state index contributed by atoms with van der Waals surface area (Å²) in [6.07, 6.45) is 0.515. The van der Waals surface area contributed by atoms with E-state index in [9.17, 15) is 0 Å². The number of benzene rings is 2. The number of hydrogen-bond acceptors (Lipinski definition) is 2. The fourth-order valence-electron chi connectivity index (χ4n) is 2.45. The van der Waals surface area contributed by atoms with E-state index in [1.165, 1.54) is 0 Å². The maximum atomic E-state index is 7.61. The van der Waals surface area contributed by atoms with Crippen LogP contribution in [0.5, 0.6) is 0 Å². The van der Waals surface area contributed by atoms with Crippen molar-refractivity contribution in [1.82, 2.24) is 4.90 Å². The van der Waals surface area contributed by atoms with E-state index in [-0.39, 0.29) is 11.9 Å². The van der Waals surface area contributed by atoms with E-state index >= 15 is 0 Å². The second-order valence-electron chi connectivity index (χ2n) is 5.20. The first kappa shape index (κ1) is 15.5. The molecule has 0 aliphatic rings. The molecule has 3 N–H and O–H groups in total. The molecule has 1 atom stereocenters. The summed E-state index contributed by atoms with van der Waals surface area (Å²) >= 11 is 6.04. The molecular formula is C17H20ClN3. The summed E-state index contributed by atoms with van der Waals surface area (Å²) in [5.41, 5.74) is 7.93. The van der Waals surface area contributed by atoms with Crippen LogP contribution in [0.4, 0.5) is 0 Å². The van der Waals surface area contributed by atoms with Gasteiger partial charge in [0.25, 0.3) is 0 Å². The van der Waals surface area contributed by atoms with E-state index in [4.69, 9.17) is 22.7 Å². The third kappa shape index (κ3) is 4.59. The smallest absolute Gasteiger partial charge is 0.0924 e. The van der Waals surface area contributed by atoms with E-state index in [2.05, 4.69) is 23.1 Å². The second-order valence-corrected chi connectivity index (χ2v) is 5.64. The molecule has 2 aromatic carbocycles. The third-order valence-corrected chi connectivity index (χ3v) is 3.69. The lowest BCUT2D eigenvalue weighted by atomic mass is 10.0. The summed E-state index contributed by atoms with van der Waals surface area (Å²) < 4.78 is 0. The normalized spacial score (nSPS) is 12.3. The molecule has 0 spiro atoms. The van der Waals surface area contributed by atoms with E-state index < -0.39 is 0 Å². The summed E-state index contributed by atoms with van der Waals surface area (Å²) in [4.78, 5) is 2.20. The predicted octanol–water partition coefficient (Wildman–Crippen LogP) is 3.84. The van der Waals surface area contributed by atoms with Crippen molar-refractivity contribution >= 4 is 17.4 Å². The molecule has 1 unspecified atom stereocenters. The summed E-state index contributed by atoms with van der Waals surface area (Å²) in [6.45, 7) is 0.757. The Bertz CT molecular complexity index is 598. The molecule has 0 saturated carbocycles. The van der Waals surface area contributed by atoms with Gasteiger partial charge in [-0.3, -0.25) is 10.3 Å². The highest BCUT2D eigenvalue weighted by Gasteiger charge is 2.18. The van der Waals surface area contributed by atoms with Crippen LogP contribution in [0.3, 0.4) is 0 Å². The minimum absolute atomic E-state index is 0.0858. The van der Waals surface area contributed by atoms with Crippen LogP contribution >= 0.6 is 11.6 Å². The van der Waals surface area contributed by atoms with E-state index in [1.54, 1.807) is 0 Å². The Balaban J connectivity index is 2.18. The van der Waals surface area contributed by atoms with Gasteiger partial charge in [-0.15, -0.1) is 0 Å². The molecule has 21 heavy (non-hydrogen) atoms. The van der Waals surface area contributed by atoms with Crippen molar-refractivity contribution in [2.75, 3.05) is 7.05 Å². The first-order valence-electron chi connectivity index (χ1n) is 6.89. The average molecular weight is 302 g/mol. The fourth-order valence-corrected chi connectivity index (χ4v) is 2.66. The first-order valence-corrected chi connectivity index (χ1v) is 7.26. The molecule has 0 saturated heterocycles. The molecule has 3 nitrogen and oxygen atoms in total. The highest BCUT2D eigenvalue weighted by Crippen LogP contribution is 2.25. The van der Waals surface area contributed by atoms with E-state index in [0.717, 1.165) is 22.7 Å². The van der Waals surface area contributed by atoms with Crippen molar-refractivity contribution < 1.29 is 0 Å². The van der Waals surface area contributed by atoms with Crippen molar-refractivity contribution in [3.05, 3.63) is 70.7 Å². The molecule has 0 bridgehead atoms. The lowest BCUT2D eigenvalue weighted by Gasteiger charge is -2.28. The topological polar surface area (TPSA) is 53.1 Å². The van der Waals surface area contributed by atoms with Gasteiger partial charge in [-0.25, -0.2) is 0 Å². The number of halogens is 1. The molecule has 0 aliphatic heterocycles. The molecular weight excluding hydrogens is 282 g/mol. The second kappa shape index (κ2) is 7.25. The van der Waals surface area contributed by atoms with Crippen LogP contribution < -0.4 is 5.73 Å². The van der Waals surface area contributed by atoms with Gasteiger partial charge in [-0.2, -0.15) is 0 Å². The van der Waals surface area contributed by atoms with Gasteiger partial charge in [0.15, 0.2) is 0 Å². The van der Waals surface area contributed by atoms with Crippen LogP contribution in [0, 0.1) is 5.41 Å². The predicted molar refractivity (Wildman–Crippen MR) is 88.6 cm³/mol. The number of nitrogens with two attached hydrogens (primary N) is 1. The average Bonchev–Trinajstić information content (AvgIpc) is 2.45. The Kier molecular flexibility index (Phi) is 5.37. The molecule has 0 amide bonds. The summed E-state index contributed by atoms with van der Waals surface area (Å²) in [5, 5.41) is 8.35.